The van der Waals surface area contributed by atoms with Crippen molar-refractivity contribution in [3.63, 3.8) is 0 Å². The molecule has 0 aliphatic carbocycles. The van der Waals surface area contributed by atoms with Crippen molar-refractivity contribution >= 4 is 70.4 Å². The van der Waals surface area contributed by atoms with Gasteiger partial charge in [-0.1, -0.05) is 24.3 Å². The van der Waals surface area contributed by atoms with Crippen molar-refractivity contribution in [1.82, 2.24) is 53.8 Å². The third-order valence-electron chi connectivity index (χ3n) is 24.7. The number of nitrogens with zero attached hydrogens (tertiary/aromatic N) is 8. The van der Waals surface area contributed by atoms with Gasteiger partial charge in [0.25, 0.3) is 41.4 Å². The van der Waals surface area contributed by atoms with Gasteiger partial charge in [-0.15, -0.1) is 0 Å². The van der Waals surface area contributed by atoms with Crippen LogP contribution in [0.4, 0.5) is 35.1 Å². The van der Waals surface area contributed by atoms with Gasteiger partial charge in [0.2, 0.25) is 21.7 Å². The van der Waals surface area contributed by atoms with Crippen molar-refractivity contribution < 1.29 is 151 Å². The molecule has 7 amide bonds. The molecule has 716 valence electrons. The van der Waals surface area contributed by atoms with E-state index in [0.29, 0.717) is 110 Å². The number of pyridine rings is 4. The summed E-state index contributed by atoms with van der Waals surface area (Å²) in [6.45, 7) is 16.7. The van der Waals surface area contributed by atoms with E-state index in [9.17, 15) is 108 Å². The van der Waals surface area contributed by atoms with Crippen molar-refractivity contribution in [3.05, 3.63) is 250 Å². The monoisotopic (exact) mass is 2020 g/mol. The third kappa shape index (κ3) is 20.6. The number of hydrogen-bond acceptors (Lipinski definition) is 21. The molecule has 33 nitrogen and oxygen atoms in total. The number of benzene rings is 4. The van der Waals surface area contributed by atoms with Crippen molar-refractivity contribution in [2.24, 2.45) is 5.73 Å². The Labute approximate surface area is 798 Å². The van der Waals surface area contributed by atoms with E-state index in [-0.39, 0.29) is 233 Å². The minimum Gasteiger partial charge on any atom is -1.00 e. The molecule has 4 saturated heterocycles. The molecule has 4 aromatic carbocycles. The maximum Gasteiger partial charge on any atom is 2.00 e. The molecular formula is C90H98Br2F8MgN12O21. The second kappa shape index (κ2) is 45.3. The average molecular weight is 2020 g/mol. The second-order valence-electron chi connectivity index (χ2n) is 31.8. The molecule has 16 rings (SSSR count). The predicted octanol–water partition coefficient (Wildman–Crippen LogP) is 1.65. The third-order valence-corrected chi connectivity index (χ3v) is 24.7. The van der Waals surface area contributed by atoms with Crippen molar-refractivity contribution in [2.75, 3.05) is 93.3 Å². The second-order valence-corrected chi connectivity index (χ2v) is 31.8. The summed E-state index contributed by atoms with van der Waals surface area (Å²) in [7, 11) is 2.54. The Bertz CT molecular complexity index is 5970. The standard InChI is InChI=1S/C23H25F2N3O5.2C22H23F2N3O5.C15H18N2O6.C8H9F2N.2BrH.Mg/c1-4-27-17-11-33-8-7-16(17)28-10-14(20(29)21(32-3)19(28)23(27)31)22(30)26-9-13-5-6-15(24)12(2)18(13)25;2*1-3-26-16-10-32-7-6-15(16)27-9-13(19(28)20(29)18(27)22(26)31)21(30)25-8-12-4-5-14(23)11(2)17(12)24;1-3-16-10-7-23-5-4-9(10)17-6-8(15(20)21)12(18)13(22-2)11(17)14(16)19;1-5-7(9)3-2-6(4-11)8(5)10;;;/h5-6,10,16-17H,4,7-9,11H2,1-3H3,(H,26,30);2*4-5,9,15-16,29H,3,6-8,10H2,1-2H3,(H,25,30);6,9-10H,3-5,7H2,1-2H3,(H,20,21);2-3H,4,11H2,1H3;2*1H;/q;;;;;;;+2/p-2/t16-,17+;2*15-,16+;9-,10+;;;;/m0000..../s1. The Kier molecular flexibility index (Phi) is 35.9. The number of hydrogen-bond donors (Lipinski definition) is 7. The summed E-state index contributed by atoms with van der Waals surface area (Å²) in [5.74, 6) is -13.0. The van der Waals surface area contributed by atoms with E-state index in [4.69, 9.17) is 34.2 Å². The van der Waals surface area contributed by atoms with Crippen LogP contribution < -0.4 is 86.8 Å². The van der Waals surface area contributed by atoms with Crippen LogP contribution in [0.3, 0.4) is 0 Å². The Morgan fingerprint density at radius 1 is 0.388 bits per heavy atom. The van der Waals surface area contributed by atoms with Gasteiger partial charge in [-0.25, -0.2) is 39.9 Å². The normalized spacial score (nSPS) is 19.2. The Morgan fingerprint density at radius 3 is 0.888 bits per heavy atom. The molecule has 8 aromatic rings. The fraction of sp³-hybridized carbons (Fsp3) is 0.422. The van der Waals surface area contributed by atoms with Gasteiger partial charge in [-0.2, -0.15) is 0 Å². The van der Waals surface area contributed by atoms with Crippen LogP contribution in [0.15, 0.2) is 92.5 Å². The summed E-state index contributed by atoms with van der Waals surface area (Å²) in [6.07, 6.45) is 7.46. The number of likely N-dealkylation sites (N-methyl/N-ethyl adjacent to an activating group) is 4. The number of ether oxygens (including phenoxy) is 6. The fourth-order valence-electron chi connectivity index (χ4n) is 17.6. The smallest absolute Gasteiger partial charge is 1.00 e. The molecule has 0 unspecified atom stereocenters. The number of halogens is 10. The number of amides is 7. The SMILES string of the molecule is CCN1C(=O)c2c(O)c(=O)c(C(=O)NCc3ccc(F)c(C)c3F)cn2[C@H]2CCOC[C@H]21.CCN1C(=O)c2c(O)c(=O)c(C(=O)NCc3ccc(F)c(C)c3F)cn2[C@H]2CCOC[C@H]21.CCN1C(=O)c2c(OC)c(=O)c(C(=O)NCc3ccc(F)c(C)c3F)cn2[C@H]2CCOC[C@H]21.CCN1C(=O)c2c(OC)c(=O)c(C(=O)O)cn2[C@H]2CCOC[C@H]21.Cc1c(F)ccc(CN)c1F.[Br-].[Br-].[Mg+2]. The Hall–Kier alpha value is -11.4. The number of carboxylic acids is 1. The van der Waals surface area contributed by atoms with Gasteiger partial charge in [-0.3, -0.25) is 52.7 Å². The molecule has 0 saturated carbocycles. The Morgan fingerprint density at radius 2 is 0.627 bits per heavy atom. The van der Waals surface area contributed by atoms with E-state index in [2.05, 4.69) is 16.0 Å². The minimum absolute atomic E-state index is 0. The van der Waals surface area contributed by atoms with Crippen LogP contribution in [0.25, 0.3) is 0 Å². The van der Waals surface area contributed by atoms with Crippen molar-refractivity contribution in [1.29, 1.82) is 0 Å². The number of rotatable bonds is 17. The first-order valence-electron chi connectivity index (χ1n) is 42.2. The van der Waals surface area contributed by atoms with Gasteiger partial charge < -0.3 is 137 Å². The van der Waals surface area contributed by atoms with E-state index < -0.39 is 121 Å². The summed E-state index contributed by atoms with van der Waals surface area (Å²) < 4.78 is 147. The molecule has 12 heterocycles. The molecule has 134 heavy (non-hydrogen) atoms. The number of aromatic carboxylic acids is 1. The topological polar surface area (TPSA) is 416 Å². The number of aromatic hydroxyl groups is 2. The zero-order chi connectivity index (χ0) is 95.3. The fourth-order valence-corrected chi connectivity index (χ4v) is 17.6. The number of nitrogens with two attached hydrogens (primary N) is 1. The van der Waals surface area contributed by atoms with E-state index in [1.807, 2.05) is 13.8 Å². The predicted molar refractivity (Wildman–Crippen MR) is 458 cm³/mol. The number of carbonyl (C=O) groups excluding carboxylic acids is 7. The number of carboxylic acid groups (broad SMARTS) is 1. The van der Waals surface area contributed by atoms with Gasteiger partial charge >= 0.3 is 29.0 Å². The zero-order valence-electron chi connectivity index (χ0n) is 74.5. The van der Waals surface area contributed by atoms with Crippen molar-refractivity contribution in [3.8, 4) is 23.0 Å². The molecule has 8 N–H and O–H groups in total. The average Bonchev–Trinajstić information content (AvgIpc) is 0.752. The first kappa shape index (κ1) is 106. The summed E-state index contributed by atoms with van der Waals surface area (Å²) in [5.41, 5.74) is 0.365. The molecule has 0 bridgehead atoms. The molecule has 4 aromatic heterocycles. The first-order valence-corrected chi connectivity index (χ1v) is 42.2. The van der Waals surface area contributed by atoms with Crippen LogP contribution >= 0.6 is 0 Å². The number of fused-ring (bicyclic) bond motifs is 12. The summed E-state index contributed by atoms with van der Waals surface area (Å²) in [4.78, 5) is 159. The molecule has 44 heteroatoms. The quantitative estimate of drug-likeness (QED) is 0.0503. The number of nitrogens with one attached hydrogen (secondary N) is 3. The molecule has 0 radical (unpaired) electrons. The molecular weight excluding hydrogens is 1920 g/mol. The van der Waals surface area contributed by atoms with Gasteiger partial charge in [0.05, 0.1) is 89.0 Å². The number of carbonyl (C=O) groups is 8. The summed E-state index contributed by atoms with van der Waals surface area (Å²) in [5, 5.41) is 37.7. The summed E-state index contributed by atoms with van der Waals surface area (Å²) in [6, 6.07) is 7.68. The van der Waals surface area contributed by atoms with E-state index in [1.54, 1.807) is 42.6 Å². The number of methoxy groups -OCH3 is 2. The summed E-state index contributed by atoms with van der Waals surface area (Å²) >= 11 is 0. The van der Waals surface area contributed by atoms with Crippen LogP contribution in [0, 0.1) is 74.2 Å². The Balaban J connectivity index is 0.000000193. The van der Waals surface area contributed by atoms with E-state index in [0.717, 1.165) is 18.2 Å². The van der Waals surface area contributed by atoms with Gasteiger partial charge in [0.1, 0.15) is 68.8 Å². The van der Waals surface area contributed by atoms with Gasteiger partial charge in [0, 0.05) is 148 Å². The zero-order valence-corrected chi connectivity index (χ0v) is 79.1. The molecule has 8 aliphatic rings. The van der Waals surface area contributed by atoms with Crippen molar-refractivity contribution in [2.45, 2.75) is 156 Å². The van der Waals surface area contributed by atoms with Gasteiger partial charge in [-0.05, 0) is 105 Å². The number of aromatic nitrogens is 4. The van der Waals surface area contributed by atoms with Crippen LogP contribution in [-0.2, 0) is 45.1 Å². The van der Waals surface area contributed by atoms with E-state index in [1.165, 1.54) is 106 Å². The minimum atomic E-state index is -1.34. The molecule has 8 atom stereocenters. The molecule has 0 spiro atoms. The van der Waals surface area contributed by atoms with Gasteiger partial charge in [0.15, 0.2) is 45.8 Å². The molecule has 4 fully saturated rings. The van der Waals surface area contributed by atoms with Crippen LogP contribution in [0.2, 0.25) is 0 Å². The first-order chi connectivity index (χ1) is 62.5. The van der Waals surface area contributed by atoms with Crippen LogP contribution in [0.1, 0.15) is 205 Å². The van der Waals surface area contributed by atoms with Crippen LogP contribution in [-0.4, -0.2) is 241 Å². The molecule has 8 aliphatic heterocycles. The largest absolute Gasteiger partial charge is 2.00 e. The van der Waals surface area contributed by atoms with Crippen LogP contribution in [0.5, 0.6) is 23.0 Å². The maximum absolute atomic E-state index is 14.3. The van der Waals surface area contributed by atoms with E-state index >= 15 is 0 Å². The maximum atomic E-state index is 14.3.